The minimum Gasteiger partial charge on any atom is -0.497 e. The first-order valence-corrected chi connectivity index (χ1v) is 11.7. The predicted molar refractivity (Wildman–Crippen MR) is 139 cm³/mol. The maximum atomic E-state index is 13.7. The van der Waals surface area contributed by atoms with Crippen molar-refractivity contribution in [3.8, 4) is 17.5 Å². The molecule has 38 heavy (non-hydrogen) atoms. The first-order valence-electron chi connectivity index (χ1n) is 11.7. The number of carbonyl (C=O) groups excluding carboxylic acids is 1. The lowest BCUT2D eigenvalue weighted by Gasteiger charge is -2.40. The van der Waals surface area contributed by atoms with Crippen LogP contribution in [0.15, 0.2) is 91.0 Å². The summed E-state index contributed by atoms with van der Waals surface area (Å²) in [6.07, 6.45) is -1.64. The lowest BCUT2D eigenvalue weighted by atomic mass is 9.77. The smallest absolute Gasteiger partial charge is 0.348 e. The number of nitrogens with zero attached hydrogens (tertiary/aromatic N) is 2. The van der Waals surface area contributed by atoms with Crippen LogP contribution in [0, 0.1) is 6.92 Å². The molecule has 1 unspecified atom stereocenters. The summed E-state index contributed by atoms with van der Waals surface area (Å²) >= 11 is 0. The number of benzene rings is 3. The van der Waals surface area contributed by atoms with Gasteiger partial charge >= 0.3 is 5.97 Å². The molecule has 0 fully saturated rings. The Bertz CT molecular complexity index is 1360. The van der Waals surface area contributed by atoms with Gasteiger partial charge in [-0.15, -0.1) is 0 Å². The van der Waals surface area contributed by atoms with Gasteiger partial charge in [0.25, 0.3) is 5.91 Å². The molecule has 2 N–H and O–H groups in total. The number of hydrogen-bond donors (Lipinski definition) is 2. The first-order chi connectivity index (χ1) is 18.4. The van der Waals surface area contributed by atoms with E-state index in [0.29, 0.717) is 28.3 Å². The van der Waals surface area contributed by atoms with Gasteiger partial charge in [0.15, 0.2) is 0 Å². The van der Waals surface area contributed by atoms with E-state index in [1.807, 2.05) is 0 Å². The van der Waals surface area contributed by atoms with Crippen LogP contribution in [0.3, 0.4) is 0 Å². The molecule has 1 aromatic heterocycles. The van der Waals surface area contributed by atoms with E-state index in [-0.39, 0.29) is 11.8 Å². The van der Waals surface area contributed by atoms with Crippen LogP contribution in [0.2, 0.25) is 0 Å². The van der Waals surface area contributed by atoms with Crippen molar-refractivity contribution in [2.45, 2.75) is 18.6 Å². The van der Waals surface area contributed by atoms with Gasteiger partial charge < -0.3 is 24.6 Å². The highest BCUT2D eigenvalue weighted by molar-refractivity contribution is 5.96. The number of hydrogen-bond acceptors (Lipinski definition) is 7. The summed E-state index contributed by atoms with van der Waals surface area (Å²) < 4.78 is 16.5. The molecule has 0 bridgehead atoms. The Balaban J connectivity index is 1.92. The van der Waals surface area contributed by atoms with Crippen molar-refractivity contribution < 1.29 is 28.9 Å². The quantitative estimate of drug-likeness (QED) is 0.326. The second-order valence-corrected chi connectivity index (χ2v) is 8.35. The molecule has 9 nitrogen and oxygen atoms in total. The van der Waals surface area contributed by atoms with Gasteiger partial charge in [0.05, 0.1) is 20.3 Å². The number of aryl methyl sites for hydroxylation is 1. The average Bonchev–Trinajstić information content (AvgIpc) is 2.95. The number of aromatic nitrogens is 2. The van der Waals surface area contributed by atoms with E-state index in [2.05, 4.69) is 15.3 Å². The first kappa shape index (κ1) is 26.2. The van der Waals surface area contributed by atoms with E-state index < -0.39 is 23.5 Å². The predicted octanol–water partition coefficient (Wildman–Crippen LogP) is 4.01. The molecule has 9 heteroatoms. The topological polar surface area (TPSA) is 120 Å². The van der Waals surface area contributed by atoms with E-state index in [1.54, 1.807) is 91.9 Å². The number of carboxylic acids is 1. The molecular weight excluding hydrogens is 486 g/mol. The number of ether oxygens (including phenoxy) is 3. The zero-order valence-corrected chi connectivity index (χ0v) is 21.1. The van der Waals surface area contributed by atoms with Crippen LogP contribution in [0.1, 0.15) is 27.3 Å². The summed E-state index contributed by atoms with van der Waals surface area (Å²) in [6, 6.07) is 25.6. The fourth-order valence-corrected chi connectivity index (χ4v) is 4.20. The number of rotatable bonds is 10. The minimum absolute atomic E-state index is 0.0170. The standard InChI is InChI=1S/C29H27N3O6/c1-19-30-24(37-3)18-25(31-19)38-26(28(34)35)29(21-10-6-4-7-11-21,22-12-8-5-9-13-22)32-27(33)20-14-16-23(36-2)17-15-20/h4-18,26H,1-3H3,(H,32,33)(H,34,35). The molecular formula is C29H27N3O6. The largest absolute Gasteiger partial charge is 0.497 e. The molecule has 0 saturated heterocycles. The van der Waals surface area contributed by atoms with E-state index in [0.717, 1.165) is 0 Å². The Morgan fingerprint density at radius 3 is 1.87 bits per heavy atom. The van der Waals surface area contributed by atoms with Gasteiger partial charge in [-0.1, -0.05) is 60.7 Å². The number of carbonyl (C=O) groups is 2. The zero-order chi connectivity index (χ0) is 27.1. The van der Waals surface area contributed by atoms with Gasteiger partial charge in [-0.05, 0) is 42.3 Å². The van der Waals surface area contributed by atoms with Crippen molar-refractivity contribution in [2.24, 2.45) is 0 Å². The van der Waals surface area contributed by atoms with Crippen molar-refractivity contribution in [1.82, 2.24) is 15.3 Å². The fourth-order valence-electron chi connectivity index (χ4n) is 4.20. The number of nitrogens with one attached hydrogen (secondary N) is 1. The Morgan fingerprint density at radius 1 is 0.816 bits per heavy atom. The van der Waals surface area contributed by atoms with Crippen molar-refractivity contribution in [3.05, 3.63) is 114 Å². The van der Waals surface area contributed by atoms with E-state index in [9.17, 15) is 14.7 Å². The van der Waals surface area contributed by atoms with Crippen LogP contribution < -0.4 is 19.5 Å². The third-order valence-electron chi connectivity index (χ3n) is 5.98. The molecule has 0 spiro atoms. The van der Waals surface area contributed by atoms with E-state index >= 15 is 0 Å². The molecule has 4 aromatic rings. The summed E-state index contributed by atoms with van der Waals surface area (Å²) in [4.78, 5) is 35.1. The molecule has 1 atom stereocenters. The van der Waals surface area contributed by atoms with Crippen LogP contribution in [0.5, 0.6) is 17.5 Å². The summed E-state index contributed by atoms with van der Waals surface area (Å²) in [5, 5.41) is 13.6. The number of methoxy groups -OCH3 is 2. The molecule has 0 radical (unpaired) electrons. The van der Waals surface area contributed by atoms with Gasteiger partial charge in [0.1, 0.15) is 17.1 Å². The van der Waals surface area contributed by atoms with Crippen LogP contribution in [-0.4, -0.2) is 47.3 Å². The summed E-state index contributed by atoms with van der Waals surface area (Å²) in [5.41, 5.74) is -0.362. The fraction of sp³-hybridized carbons (Fsp3) is 0.172. The molecule has 0 aliphatic carbocycles. The highest BCUT2D eigenvalue weighted by Crippen LogP contribution is 2.36. The molecule has 1 heterocycles. The maximum Gasteiger partial charge on any atom is 0.348 e. The van der Waals surface area contributed by atoms with E-state index in [1.165, 1.54) is 20.3 Å². The molecule has 0 aliphatic heterocycles. The van der Waals surface area contributed by atoms with E-state index in [4.69, 9.17) is 14.2 Å². The molecule has 194 valence electrons. The Hall–Kier alpha value is -4.92. The van der Waals surface area contributed by atoms with Crippen molar-refractivity contribution in [2.75, 3.05) is 14.2 Å². The molecule has 0 saturated carbocycles. The van der Waals surface area contributed by atoms with Gasteiger partial charge in [-0.25, -0.2) is 4.79 Å². The lowest BCUT2D eigenvalue weighted by Crippen LogP contribution is -2.59. The highest BCUT2D eigenvalue weighted by atomic mass is 16.5. The van der Waals surface area contributed by atoms with Crippen LogP contribution in [0.25, 0.3) is 0 Å². The van der Waals surface area contributed by atoms with Crippen LogP contribution in [0.4, 0.5) is 0 Å². The number of carboxylic acid groups (broad SMARTS) is 1. The third-order valence-corrected chi connectivity index (χ3v) is 5.98. The van der Waals surface area contributed by atoms with Gasteiger partial charge in [-0.3, -0.25) is 4.79 Å². The Kier molecular flexibility index (Phi) is 7.86. The maximum absolute atomic E-state index is 13.7. The van der Waals surface area contributed by atoms with Gasteiger partial charge in [-0.2, -0.15) is 9.97 Å². The molecule has 3 aromatic carbocycles. The van der Waals surface area contributed by atoms with Gasteiger partial charge in [0.2, 0.25) is 17.9 Å². The number of aliphatic carboxylic acids is 1. The minimum atomic E-state index is -1.67. The van der Waals surface area contributed by atoms with Crippen molar-refractivity contribution in [1.29, 1.82) is 0 Å². The second-order valence-electron chi connectivity index (χ2n) is 8.35. The van der Waals surface area contributed by atoms with Crippen LogP contribution >= 0.6 is 0 Å². The molecule has 0 aliphatic rings. The zero-order valence-electron chi connectivity index (χ0n) is 21.1. The molecule has 1 amide bonds. The lowest BCUT2D eigenvalue weighted by molar-refractivity contribution is -0.148. The second kappa shape index (κ2) is 11.4. The van der Waals surface area contributed by atoms with Crippen molar-refractivity contribution in [3.63, 3.8) is 0 Å². The average molecular weight is 514 g/mol. The third kappa shape index (κ3) is 5.41. The highest BCUT2D eigenvalue weighted by Gasteiger charge is 2.50. The van der Waals surface area contributed by atoms with Crippen molar-refractivity contribution >= 4 is 11.9 Å². The molecule has 4 rings (SSSR count). The SMILES string of the molecule is COc1ccc(C(=O)NC(c2ccccc2)(c2ccccc2)C(Oc2cc(OC)nc(C)n2)C(=O)O)cc1. The summed E-state index contributed by atoms with van der Waals surface area (Å²) in [7, 11) is 2.97. The van der Waals surface area contributed by atoms with Crippen LogP contribution in [-0.2, 0) is 10.3 Å². The van der Waals surface area contributed by atoms with Gasteiger partial charge in [0, 0.05) is 5.56 Å². The normalized spacial score (nSPS) is 11.8. The number of amides is 1. The summed E-state index contributed by atoms with van der Waals surface area (Å²) in [6.45, 7) is 1.64. The monoisotopic (exact) mass is 513 g/mol. The summed E-state index contributed by atoms with van der Waals surface area (Å²) in [5.74, 6) is -0.718. The Morgan fingerprint density at radius 2 is 1.37 bits per heavy atom. The Labute approximate surface area is 220 Å².